The summed E-state index contributed by atoms with van der Waals surface area (Å²) < 4.78 is 10.2. The molecule has 1 aromatic carbocycles. The zero-order chi connectivity index (χ0) is 16.4. The smallest absolute Gasteiger partial charge is 0.310 e. The Morgan fingerprint density at radius 1 is 1.23 bits per heavy atom. The molecule has 0 aromatic heterocycles. The Kier molecular flexibility index (Phi) is 8.04. The monoisotopic (exact) mass is 307 g/mol. The Hall–Kier alpha value is -2.04. The average Bonchev–Trinajstić information content (AvgIpc) is 2.56. The molecule has 0 saturated heterocycles. The lowest BCUT2D eigenvalue weighted by molar-refractivity contribution is -0.146. The number of carbonyl (C=O) groups is 2. The van der Waals surface area contributed by atoms with Crippen LogP contribution in [0.2, 0.25) is 0 Å². The SMILES string of the molecule is CCCCN(CC(C)C(=O)OC)C(=O)COc1ccccc1. The fourth-order valence-corrected chi connectivity index (χ4v) is 2.03. The molecule has 0 spiro atoms. The molecule has 122 valence electrons. The predicted molar refractivity (Wildman–Crippen MR) is 84.6 cm³/mol. The molecule has 1 atom stereocenters. The number of esters is 1. The molecule has 1 rings (SSSR count). The van der Waals surface area contributed by atoms with E-state index in [9.17, 15) is 9.59 Å². The van der Waals surface area contributed by atoms with Crippen molar-refractivity contribution < 1.29 is 19.1 Å². The van der Waals surface area contributed by atoms with Gasteiger partial charge in [-0.3, -0.25) is 9.59 Å². The van der Waals surface area contributed by atoms with Crippen molar-refractivity contribution in [1.29, 1.82) is 0 Å². The van der Waals surface area contributed by atoms with Crippen LogP contribution in [-0.2, 0) is 14.3 Å². The maximum Gasteiger partial charge on any atom is 0.310 e. The molecule has 0 fully saturated rings. The molecule has 0 radical (unpaired) electrons. The fraction of sp³-hybridized carbons (Fsp3) is 0.529. The molecular formula is C17H25NO4. The Labute approximate surface area is 132 Å². The van der Waals surface area contributed by atoms with Crippen LogP contribution in [0.4, 0.5) is 0 Å². The number of carbonyl (C=O) groups excluding carboxylic acids is 2. The van der Waals surface area contributed by atoms with E-state index < -0.39 is 0 Å². The minimum atomic E-state index is -0.345. The van der Waals surface area contributed by atoms with Gasteiger partial charge in [0, 0.05) is 13.1 Å². The molecule has 0 saturated carbocycles. The summed E-state index contributed by atoms with van der Waals surface area (Å²) in [6.07, 6.45) is 1.88. The highest BCUT2D eigenvalue weighted by Gasteiger charge is 2.21. The number of amides is 1. The van der Waals surface area contributed by atoms with Gasteiger partial charge in [0.15, 0.2) is 6.61 Å². The van der Waals surface area contributed by atoms with E-state index in [4.69, 9.17) is 9.47 Å². The summed E-state index contributed by atoms with van der Waals surface area (Å²) in [5.41, 5.74) is 0. The molecular weight excluding hydrogens is 282 g/mol. The van der Waals surface area contributed by atoms with Crippen LogP contribution in [0.3, 0.4) is 0 Å². The van der Waals surface area contributed by atoms with Crippen molar-refractivity contribution in [2.45, 2.75) is 26.7 Å². The second-order valence-corrected chi connectivity index (χ2v) is 5.22. The number of methoxy groups -OCH3 is 1. The van der Waals surface area contributed by atoms with Crippen molar-refractivity contribution in [2.75, 3.05) is 26.8 Å². The van der Waals surface area contributed by atoms with Crippen molar-refractivity contribution in [3.05, 3.63) is 30.3 Å². The summed E-state index contributed by atoms with van der Waals surface area (Å²) in [4.78, 5) is 25.5. The molecule has 0 N–H and O–H groups in total. The van der Waals surface area contributed by atoms with E-state index in [-0.39, 0.29) is 24.4 Å². The van der Waals surface area contributed by atoms with E-state index in [1.165, 1.54) is 7.11 Å². The summed E-state index contributed by atoms with van der Waals surface area (Å²) in [5.74, 6) is -0.110. The molecule has 5 heteroatoms. The van der Waals surface area contributed by atoms with E-state index in [2.05, 4.69) is 6.92 Å². The molecule has 5 nitrogen and oxygen atoms in total. The topological polar surface area (TPSA) is 55.8 Å². The van der Waals surface area contributed by atoms with Crippen LogP contribution >= 0.6 is 0 Å². The minimum absolute atomic E-state index is 0.0262. The third-order valence-corrected chi connectivity index (χ3v) is 3.34. The summed E-state index contributed by atoms with van der Waals surface area (Å²) in [7, 11) is 1.36. The lowest BCUT2D eigenvalue weighted by Crippen LogP contribution is -2.40. The van der Waals surface area contributed by atoms with E-state index in [1.54, 1.807) is 24.0 Å². The van der Waals surface area contributed by atoms with Crippen molar-refractivity contribution in [3.8, 4) is 5.75 Å². The van der Waals surface area contributed by atoms with E-state index in [1.807, 2.05) is 18.2 Å². The van der Waals surface area contributed by atoms with Crippen LogP contribution in [-0.4, -0.2) is 43.6 Å². The number of unbranched alkanes of at least 4 members (excludes halogenated alkanes) is 1. The second-order valence-electron chi connectivity index (χ2n) is 5.22. The van der Waals surface area contributed by atoms with Gasteiger partial charge >= 0.3 is 5.97 Å². The molecule has 0 aliphatic carbocycles. The van der Waals surface area contributed by atoms with Crippen molar-refractivity contribution >= 4 is 11.9 Å². The fourth-order valence-electron chi connectivity index (χ4n) is 2.03. The summed E-state index contributed by atoms with van der Waals surface area (Å²) in [5, 5.41) is 0. The number of para-hydroxylation sites is 1. The number of benzene rings is 1. The average molecular weight is 307 g/mol. The predicted octanol–water partition coefficient (Wildman–Crippen LogP) is 2.50. The van der Waals surface area contributed by atoms with Gasteiger partial charge in [0.1, 0.15) is 5.75 Å². The van der Waals surface area contributed by atoms with Crippen LogP contribution in [0.15, 0.2) is 30.3 Å². The first-order valence-electron chi connectivity index (χ1n) is 7.62. The maximum atomic E-state index is 12.3. The molecule has 1 amide bonds. The zero-order valence-electron chi connectivity index (χ0n) is 13.6. The number of hydrogen-bond acceptors (Lipinski definition) is 4. The van der Waals surface area contributed by atoms with Crippen LogP contribution in [0.5, 0.6) is 5.75 Å². The summed E-state index contributed by atoms with van der Waals surface area (Å²) >= 11 is 0. The number of rotatable bonds is 9. The van der Waals surface area contributed by atoms with Gasteiger partial charge < -0.3 is 14.4 Å². The maximum absolute atomic E-state index is 12.3. The number of ether oxygens (including phenoxy) is 2. The third-order valence-electron chi connectivity index (χ3n) is 3.34. The van der Waals surface area contributed by atoms with Crippen LogP contribution in [0.1, 0.15) is 26.7 Å². The Morgan fingerprint density at radius 2 is 1.91 bits per heavy atom. The van der Waals surface area contributed by atoms with Crippen molar-refractivity contribution in [2.24, 2.45) is 5.92 Å². The first kappa shape index (κ1) is 18.0. The first-order valence-corrected chi connectivity index (χ1v) is 7.62. The standard InChI is InChI=1S/C17H25NO4/c1-4-5-11-18(12-14(2)17(20)21-3)16(19)13-22-15-9-7-6-8-10-15/h6-10,14H,4-5,11-13H2,1-3H3. The van der Waals surface area contributed by atoms with Gasteiger partial charge in [-0.2, -0.15) is 0 Å². The largest absolute Gasteiger partial charge is 0.484 e. The highest BCUT2D eigenvalue weighted by molar-refractivity contribution is 5.79. The molecule has 22 heavy (non-hydrogen) atoms. The van der Waals surface area contributed by atoms with Gasteiger partial charge in [0.05, 0.1) is 13.0 Å². The van der Waals surface area contributed by atoms with E-state index in [0.717, 1.165) is 12.8 Å². The first-order chi connectivity index (χ1) is 10.6. The molecule has 0 bridgehead atoms. The van der Waals surface area contributed by atoms with Crippen LogP contribution in [0, 0.1) is 5.92 Å². The second kappa shape index (κ2) is 9.82. The third kappa shape index (κ3) is 6.16. The lowest BCUT2D eigenvalue weighted by Gasteiger charge is -2.25. The molecule has 1 aromatic rings. The summed E-state index contributed by atoms with van der Waals surface area (Å²) in [6.45, 7) is 4.77. The Morgan fingerprint density at radius 3 is 2.50 bits per heavy atom. The van der Waals surface area contributed by atoms with Gasteiger partial charge in [-0.15, -0.1) is 0 Å². The van der Waals surface area contributed by atoms with Gasteiger partial charge in [-0.25, -0.2) is 0 Å². The highest BCUT2D eigenvalue weighted by Crippen LogP contribution is 2.10. The lowest BCUT2D eigenvalue weighted by atomic mass is 10.1. The number of nitrogens with zero attached hydrogens (tertiary/aromatic N) is 1. The Bertz CT molecular complexity index is 461. The highest BCUT2D eigenvalue weighted by atomic mass is 16.5. The number of hydrogen-bond donors (Lipinski definition) is 0. The quantitative estimate of drug-likeness (QED) is 0.658. The van der Waals surface area contributed by atoms with Crippen LogP contribution in [0.25, 0.3) is 0 Å². The van der Waals surface area contributed by atoms with Crippen molar-refractivity contribution in [1.82, 2.24) is 4.90 Å². The Balaban J connectivity index is 2.57. The molecule has 0 heterocycles. The summed E-state index contributed by atoms with van der Waals surface area (Å²) in [6, 6.07) is 9.21. The van der Waals surface area contributed by atoms with Crippen LogP contribution < -0.4 is 4.74 Å². The van der Waals surface area contributed by atoms with E-state index >= 15 is 0 Å². The zero-order valence-corrected chi connectivity index (χ0v) is 13.6. The molecule has 0 aliphatic heterocycles. The van der Waals surface area contributed by atoms with Gasteiger partial charge in [-0.05, 0) is 18.6 Å². The van der Waals surface area contributed by atoms with Gasteiger partial charge in [0.2, 0.25) is 0 Å². The molecule has 0 aliphatic rings. The minimum Gasteiger partial charge on any atom is -0.484 e. The van der Waals surface area contributed by atoms with Gasteiger partial charge in [0.25, 0.3) is 5.91 Å². The van der Waals surface area contributed by atoms with Crippen molar-refractivity contribution in [3.63, 3.8) is 0 Å². The van der Waals surface area contributed by atoms with Gasteiger partial charge in [-0.1, -0.05) is 38.5 Å². The van der Waals surface area contributed by atoms with E-state index in [0.29, 0.717) is 18.8 Å². The molecule has 1 unspecified atom stereocenters. The normalized spacial score (nSPS) is 11.6.